The highest BCUT2D eigenvalue weighted by atomic mass is 16.2. The van der Waals surface area contributed by atoms with Crippen molar-refractivity contribution in [3.63, 3.8) is 0 Å². The van der Waals surface area contributed by atoms with Crippen molar-refractivity contribution in [1.82, 2.24) is 4.90 Å². The molecule has 4 nitrogen and oxygen atoms in total. The minimum atomic E-state index is -0.418. The lowest BCUT2D eigenvalue weighted by molar-refractivity contribution is -0.132. The number of amides is 2. The molecule has 1 fully saturated rings. The molecule has 3 rings (SSSR count). The van der Waals surface area contributed by atoms with E-state index in [1.54, 1.807) is 17.1 Å². The number of nitrogens with zero attached hydrogens (tertiary/aromatic N) is 1. The molecule has 0 bridgehead atoms. The Morgan fingerprint density at radius 3 is 2.41 bits per heavy atom. The molecule has 1 saturated heterocycles. The average molecular weight is 362 g/mol. The van der Waals surface area contributed by atoms with Crippen molar-refractivity contribution in [3.05, 3.63) is 70.8 Å². The van der Waals surface area contributed by atoms with Crippen molar-refractivity contribution in [1.29, 1.82) is 0 Å². The highest BCUT2D eigenvalue weighted by Gasteiger charge is 2.33. The van der Waals surface area contributed by atoms with Crippen molar-refractivity contribution >= 4 is 23.6 Å². The molecular formula is C23H26N2O2. The van der Waals surface area contributed by atoms with Crippen LogP contribution >= 0.6 is 0 Å². The Balaban J connectivity index is 1.71. The molecule has 0 radical (unpaired) electrons. The van der Waals surface area contributed by atoms with Gasteiger partial charge in [-0.3, -0.25) is 9.59 Å². The van der Waals surface area contributed by atoms with Gasteiger partial charge in [-0.15, -0.1) is 0 Å². The summed E-state index contributed by atoms with van der Waals surface area (Å²) < 4.78 is 0. The fourth-order valence-corrected chi connectivity index (χ4v) is 3.71. The third-order valence-electron chi connectivity index (χ3n) is 4.98. The van der Waals surface area contributed by atoms with Gasteiger partial charge in [0.1, 0.15) is 6.04 Å². The van der Waals surface area contributed by atoms with Crippen LogP contribution in [0.5, 0.6) is 0 Å². The van der Waals surface area contributed by atoms with Crippen LogP contribution < -0.4 is 5.32 Å². The second-order valence-corrected chi connectivity index (χ2v) is 7.20. The van der Waals surface area contributed by atoms with E-state index in [-0.39, 0.29) is 11.8 Å². The lowest BCUT2D eigenvalue weighted by atomic mass is 10.0. The molecule has 2 aromatic rings. The zero-order chi connectivity index (χ0) is 19.4. The average Bonchev–Trinajstić information content (AvgIpc) is 3.13. The SMILES string of the molecule is Cc1cc(C)c(NC(=O)[C@@H]2CCCN2C(=O)/C=C/c2ccccc2)c(C)c1. The fraction of sp³-hybridized carbons (Fsp3) is 0.304. The van der Waals surface area contributed by atoms with Crippen LogP contribution in [0.25, 0.3) is 6.08 Å². The number of rotatable bonds is 4. The standard InChI is InChI=1S/C23H26N2O2/c1-16-14-17(2)22(18(3)15-16)24-23(27)20-10-7-13-25(20)21(26)12-11-19-8-5-4-6-9-19/h4-6,8-9,11-12,14-15,20H,7,10,13H2,1-3H3,(H,24,27)/b12-11+/t20-/m0/s1. The number of hydrogen-bond acceptors (Lipinski definition) is 2. The van der Waals surface area contributed by atoms with Crippen molar-refractivity contribution in [3.8, 4) is 0 Å². The molecule has 2 aromatic carbocycles. The minimum absolute atomic E-state index is 0.107. The number of likely N-dealkylation sites (tertiary alicyclic amines) is 1. The number of anilines is 1. The Bertz CT molecular complexity index is 848. The van der Waals surface area contributed by atoms with Crippen LogP contribution in [0, 0.1) is 20.8 Å². The largest absolute Gasteiger partial charge is 0.327 e. The number of nitrogens with one attached hydrogen (secondary N) is 1. The molecule has 140 valence electrons. The molecule has 0 spiro atoms. The van der Waals surface area contributed by atoms with Gasteiger partial charge in [-0.2, -0.15) is 0 Å². The molecule has 1 heterocycles. The molecule has 2 amide bonds. The van der Waals surface area contributed by atoms with Crippen molar-refractivity contribution in [2.45, 2.75) is 39.7 Å². The van der Waals surface area contributed by atoms with E-state index in [4.69, 9.17) is 0 Å². The minimum Gasteiger partial charge on any atom is -0.327 e. The summed E-state index contributed by atoms with van der Waals surface area (Å²) >= 11 is 0. The summed E-state index contributed by atoms with van der Waals surface area (Å²) in [6.07, 6.45) is 4.89. The molecule has 1 atom stereocenters. The Labute approximate surface area is 160 Å². The first-order chi connectivity index (χ1) is 13.0. The zero-order valence-electron chi connectivity index (χ0n) is 16.2. The van der Waals surface area contributed by atoms with E-state index < -0.39 is 6.04 Å². The Kier molecular flexibility index (Phi) is 5.75. The maximum Gasteiger partial charge on any atom is 0.247 e. The Morgan fingerprint density at radius 2 is 1.74 bits per heavy atom. The first-order valence-electron chi connectivity index (χ1n) is 9.38. The Hall–Kier alpha value is -2.88. The summed E-state index contributed by atoms with van der Waals surface area (Å²) in [4.78, 5) is 27.2. The molecule has 27 heavy (non-hydrogen) atoms. The van der Waals surface area contributed by atoms with Gasteiger partial charge in [-0.05, 0) is 56.4 Å². The first kappa shape index (κ1) is 18.9. The van der Waals surface area contributed by atoms with E-state index in [9.17, 15) is 9.59 Å². The van der Waals surface area contributed by atoms with Crippen molar-refractivity contribution in [2.75, 3.05) is 11.9 Å². The van der Waals surface area contributed by atoms with Crippen LogP contribution in [0.4, 0.5) is 5.69 Å². The van der Waals surface area contributed by atoms with E-state index >= 15 is 0 Å². The number of aryl methyl sites for hydroxylation is 3. The lowest BCUT2D eigenvalue weighted by Gasteiger charge is -2.23. The van der Waals surface area contributed by atoms with E-state index in [1.165, 1.54) is 5.56 Å². The highest BCUT2D eigenvalue weighted by Crippen LogP contribution is 2.25. The second-order valence-electron chi connectivity index (χ2n) is 7.20. The van der Waals surface area contributed by atoms with Crippen LogP contribution in [-0.2, 0) is 9.59 Å². The number of carbonyl (C=O) groups is 2. The molecule has 0 aromatic heterocycles. The molecule has 0 unspecified atom stereocenters. The summed E-state index contributed by atoms with van der Waals surface area (Å²) in [7, 11) is 0. The predicted octanol–water partition coefficient (Wildman–Crippen LogP) is 4.25. The van der Waals surface area contributed by atoms with E-state index in [1.807, 2.05) is 51.1 Å². The third-order valence-corrected chi connectivity index (χ3v) is 4.98. The van der Waals surface area contributed by atoms with Crippen molar-refractivity contribution in [2.24, 2.45) is 0 Å². The van der Waals surface area contributed by atoms with Crippen LogP contribution in [0.3, 0.4) is 0 Å². The summed E-state index contributed by atoms with van der Waals surface area (Å²) in [6, 6.07) is 13.4. The van der Waals surface area contributed by atoms with Crippen LogP contribution in [0.2, 0.25) is 0 Å². The molecule has 4 heteroatoms. The molecule has 1 aliphatic heterocycles. The summed E-state index contributed by atoms with van der Waals surface area (Å²) in [5.41, 5.74) is 5.08. The van der Waals surface area contributed by atoms with Gasteiger partial charge in [0.2, 0.25) is 11.8 Å². The topological polar surface area (TPSA) is 49.4 Å². The second kappa shape index (κ2) is 8.21. The maximum atomic E-state index is 12.9. The molecular weight excluding hydrogens is 336 g/mol. The van der Waals surface area contributed by atoms with Gasteiger partial charge in [0.25, 0.3) is 0 Å². The number of carbonyl (C=O) groups excluding carboxylic acids is 2. The monoisotopic (exact) mass is 362 g/mol. The van der Waals surface area contributed by atoms with Gasteiger partial charge in [0, 0.05) is 18.3 Å². The van der Waals surface area contributed by atoms with Crippen molar-refractivity contribution < 1.29 is 9.59 Å². The van der Waals surface area contributed by atoms with Crippen LogP contribution in [0.1, 0.15) is 35.1 Å². The molecule has 1 N–H and O–H groups in total. The fourth-order valence-electron chi connectivity index (χ4n) is 3.71. The summed E-state index contributed by atoms with van der Waals surface area (Å²) in [5.74, 6) is -0.224. The number of benzene rings is 2. The quantitative estimate of drug-likeness (QED) is 0.827. The van der Waals surface area contributed by atoms with E-state index in [2.05, 4.69) is 17.4 Å². The van der Waals surface area contributed by atoms with Gasteiger partial charge < -0.3 is 10.2 Å². The summed E-state index contributed by atoms with van der Waals surface area (Å²) in [6.45, 7) is 6.65. The lowest BCUT2D eigenvalue weighted by Crippen LogP contribution is -2.42. The zero-order valence-corrected chi connectivity index (χ0v) is 16.2. The predicted molar refractivity (Wildman–Crippen MR) is 109 cm³/mol. The number of hydrogen-bond donors (Lipinski definition) is 1. The smallest absolute Gasteiger partial charge is 0.247 e. The Morgan fingerprint density at radius 1 is 1.07 bits per heavy atom. The normalized spacial score (nSPS) is 16.7. The molecule has 1 aliphatic rings. The summed E-state index contributed by atoms with van der Waals surface area (Å²) in [5, 5.41) is 3.05. The van der Waals surface area contributed by atoms with Gasteiger partial charge >= 0.3 is 0 Å². The van der Waals surface area contributed by atoms with Gasteiger partial charge in [0.15, 0.2) is 0 Å². The van der Waals surface area contributed by atoms with Gasteiger partial charge in [-0.25, -0.2) is 0 Å². The van der Waals surface area contributed by atoms with E-state index in [0.29, 0.717) is 13.0 Å². The third kappa shape index (κ3) is 4.45. The van der Waals surface area contributed by atoms with Gasteiger partial charge in [0.05, 0.1) is 0 Å². The van der Waals surface area contributed by atoms with Crippen LogP contribution in [0.15, 0.2) is 48.5 Å². The molecule has 0 aliphatic carbocycles. The highest BCUT2D eigenvalue weighted by molar-refractivity contribution is 6.01. The molecule has 0 saturated carbocycles. The first-order valence-corrected chi connectivity index (χ1v) is 9.38. The van der Waals surface area contributed by atoms with Crippen LogP contribution in [-0.4, -0.2) is 29.3 Å². The van der Waals surface area contributed by atoms with Gasteiger partial charge in [-0.1, -0.05) is 48.0 Å². The van der Waals surface area contributed by atoms with E-state index in [0.717, 1.165) is 28.8 Å². The maximum absolute atomic E-state index is 12.9.